The molecular weight excluding hydrogens is 310 g/mol. The Morgan fingerprint density at radius 1 is 1.46 bits per heavy atom. The van der Waals surface area contributed by atoms with Gasteiger partial charge in [-0.25, -0.2) is 0 Å². The van der Waals surface area contributed by atoms with Crippen molar-refractivity contribution in [1.82, 2.24) is 25.3 Å². The number of nitrogens with zero attached hydrogens (tertiary/aromatic N) is 4. The van der Waals surface area contributed by atoms with Crippen molar-refractivity contribution in [2.45, 2.75) is 32.4 Å². The fourth-order valence-electron chi connectivity index (χ4n) is 3.33. The number of nitrogens with one attached hydrogen (secondary N) is 1. The van der Waals surface area contributed by atoms with Gasteiger partial charge in [0.25, 0.3) is 0 Å². The molecule has 0 radical (unpaired) electrons. The van der Waals surface area contributed by atoms with Gasteiger partial charge in [0.15, 0.2) is 5.82 Å². The molecule has 0 aromatic carbocycles. The zero-order valence-electron chi connectivity index (χ0n) is 14.5. The zero-order valence-corrected chi connectivity index (χ0v) is 14.5. The van der Waals surface area contributed by atoms with E-state index in [2.05, 4.69) is 32.3 Å². The number of rotatable bonds is 7. The van der Waals surface area contributed by atoms with Crippen molar-refractivity contribution < 1.29 is 14.1 Å². The van der Waals surface area contributed by atoms with Crippen LogP contribution in [0.4, 0.5) is 0 Å². The lowest BCUT2D eigenvalue weighted by atomic mass is 10.1. The molecule has 0 spiro atoms. The van der Waals surface area contributed by atoms with Crippen molar-refractivity contribution in [3.05, 3.63) is 11.7 Å². The van der Waals surface area contributed by atoms with E-state index in [4.69, 9.17) is 9.26 Å². The molecule has 0 saturated carbocycles. The van der Waals surface area contributed by atoms with Crippen LogP contribution in [0.25, 0.3) is 0 Å². The third kappa shape index (κ3) is 4.75. The summed E-state index contributed by atoms with van der Waals surface area (Å²) in [5, 5.41) is 6.97. The van der Waals surface area contributed by atoms with Crippen LogP contribution in [-0.4, -0.2) is 78.3 Å². The maximum Gasteiger partial charge on any atom is 0.234 e. The van der Waals surface area contributed by atoms with Crippen LogP contribution in [0, 0.1) is 12.8 Å². The van der Waals surface area contributed by atoms with Gasteiger partial charge in [0, 0.05) is 45.1 Å². The molecule has 0 aliphatic carbocycles. The molecule has 1 aromatic rings. The van der Waals surface area contributed by atoms with E-state index in [1.807, 2.05) is 0 Å². The van der Waals surface area contributed by atoms with Crippen molar-refractivity contribution >= 4 is 5.91 Å². The van der Waals surface area contributed by atoms with E-state index in [-0.39, 0.29) is 5.91 Å². The van der Waals surface area contributed by atoms with Crippen molar-refractivity contribution in [3.63, 3.8) is 0 Å². The Morgan fingerprint density at radius 3 is 3.04 bits per heavy atom. The van der Waals surface area contributed by atoms with E-state index in [1.54, 1.807) is 6.92 Å². The summed E-state index contributed by atoms with van der Waals surface area (Å²) in [7, 11) is 2.07. The Hall–Kier alpha value is -1.51. The Morgan fingerprint density at radius 2 is 2.33 bits per heavy atom. The van der Waals surface area contributed by atoms with Gasteiger partial charge in [0.2, 0.25) is 11.8 Å². The first-order valence-electron chi connectivity index (χ1n) is 8.66. The quantitative estimate of drug-likeness (QED) is 0.752. The van der Waals surface area contributed by atoms with Crippen molar-refractivity contribution in [1.29, 1.82) is 0 Å². The molecule has 3 rings (SSSR count). The number of carbonyl (C=O) groups excluding carboxylic acids is 1. The summed E-state index contributed by atoms with van der Waals surface area (Å²) in [6, 6.07) is 0.417. The topological polar surface area (TPSA) is 83.7 Å². The molecular formula is C16H27N5O3. The first-order valence-corrected chi connectivity index (χ1v) is 8.66. The summed E-state index contributed by atoms with van der Waals surface area (Å²) >= 11 is 0. The number of likely N-dealkylation sites (tertiary alicyclic amines) is 1. The number of carbonyl (C=O) groups is 1. The minimum atomic E-state index is 0.110. The van der Waals surface area contributed by atoms with Crippen molar-refractivity contribution in [2.75, 3.05) is 46.4 Å². The molecule has 8 heteroatoms. The molecule has 3 heterocycles. The summed E-state index contributed by atoms with van der Waals surface area (Å²) in [5.41, 5.74) is 0. The second kappa shape index (κ2) is 8.04. The van der Waals surface area contributed by atoms with E-state index in [9.17, 15) is 4.79 Å². The van der Waals surface area contributed by atoms with E-state index < -0.39 is 0 Å². The van der Waals surface area contributed by atoms with Gasteiger partial charge in [-0.1, -0.05) is 5.16 Å². The predicted molar refractivity (Wildman–Crippen MR) is 87.3 cm³/mol. The van der Waals surface area contributed by atoms with Crippen LogP contribution in [0.3, 0.4) is 0 Å². The second-order valence-corrected chi connectivity index (χ2v) is 6.86. The summed E-state index contributed by atoms with van der Waals surface area (Å²) in [6.45, 7) is 7.10. The average molecular weight is 337 g/mol. The number of likely N-dealkylation sites (N-methyl/N-ethyl adjacent to an activating group) is 1. The Kier molecular flexibility index (Phi) is 5.80. The van der Waals surface area contributed by atoms with Crippen LogP contribution >= 0.6 is 0 Å². The lowest BCUT2D eigenvalue weighted by molar-refractivity contribution is -0.122. The molecule has 8 nitrogen and oxygen atoms in total. The van der Waals surface area contributed by atoms with Crippen LogP contribution in [0.5, 0.6) is 0 Å². The molecule has 1 N–H and O–H groups in total. The first kappa shape index (κ1) is 17.3. The van der Waals surface area contributed by atoms with Gasteiger partial charge < -0.3 is 14.6 Å². The maximum absolute atomic E-state index is 12.1. The fourth-order valence-corrected chi connectivity index (χ4v) is 3.33. The van der Waals surface area contributed by atoms with Gasteiger partial charge in [-0.2, -0.15) is 4.98 Å². The minimum absolute atomic E-state index is 0.110. The molecule has 2 fully saturated rings. The SMILES string of the molecule is Cc1nc(CN(C)[C@H]2CCN(CC(=O)NC[C@H]3CCOC3)C2)no1. The highest BCUT2D eigenvalue weighted by molar-refractivity contribution is 5.78. The number of amides is 1. The molecule has 0 unspecified atom stereocenters. The van der Waals surface area contributed by atoms with Crippen LogP contribution in [-0.2, 0) is 16.1 Å². The number of aryl methyl sites for hydroxylation is 1. The molecule has 0 bridgehead atoms. The third-order valence-electron chi connectivity index (χ3n) is 4.81. The summed E-state index contributed by atoms with van der Waals surface area (Å²) in [5.74, 6) is 1.89. The number of hydrogen-bond acceptors (Lipinski definition) is 7. The van der Waals surface area contributed by atoms with Crippen LogP contribution < -0.4 is 5.32 Å². The molecule has 24 heavy (non-hydrogen) atoms. The van der Waals surface area contributed by atoms with Crippen LogP contribution in [0.1, 0.15) is 24.6 Å². The Bertz CT molecular complexity index is 544. The van der Waals surface area contributed by atoms with Crippen molar-refractivity contribution in [2.24, 2.45) is 5.92 Å². The zero-order chi connectivity index (χ0) is 16.9. The molecule has 2 saturated heterocycles. The normalized spacial score (nSPS) is 24.8. The van der Waals surface area contributed by atoms with E-state index in [0.29, 0.717) is 36.8 Å². The predicted octanol–water partition coefficient (Wildman–Crippen LogP) is 0.0368. The highest BCUT2D eigenvalue weighted by Gasteiger charge is 2.27. The van der Waals surface area contributed by atoms with Gasteiger partial charge >= 0.3 is 0 Å². The molecule has 2 atom stereocenters. The van der Waals surface area contributed by atoms with Crippen LogP contribution in [0.2, 0.25) is 0 Å². The molecule has 1 aromatic heterocycles. The average Bonchev–Trinajstić information content (AvgIpc) is 3.27. The lowest BCUT2D eigenvalue weighted by Gasteiger charge is -2.23. The fraction of sp³-hybridized carbons (Fsp3) is 0.812. The lowest BCUT2D eigenvalue weighted by Crippen LogP contribution is -2.40. The van der Waals surface area contributed by atoms with Gasteiger partial charge in [-0.15, -0.1) is 0 Å². The van der Waals surface area contributed by atoms with E-state index >= 15 is 0 Å². The Balaban J connectivity index is 1.37. The first-order chi connectivity index (χ1) is 11.6. The van der Waals surface area contributed by atoms with Crippen molar-refractivity contribution in [3.8, 4) is 0 Å². The van der Waals surface area contributed by atoms with Gasteiger partial charge in [0.1, 0.15) is 0 Å². The van der Waals surface area contributed by atoms with Gasteiger partial charge in [0.05, 0.1) is 19.7 Å². The highest BCUT2D eigenvalue weighted by Crippen LogP contribution is 2.16. The van der Waals surface area contributed by atoms with Gasteiger partial charge in [-0.05, 0) is 19.9 Å². The number of ether oxygens (including phenoxy) is 1. The second-order valence-electron chi connectivity index (χ2n) is 6.86. The van der Waals surface area contributed by atoms with E-state index in [1.165, 1.54) is 0 Å². The molecule has 2 aliphatic heterocycles. The Labute approximate surface area is 142 Å². The maximum atomic E-state index is 12.1. The van der Waals surface area contributed by atoms with E-state index in [0.717, 1.165) is 45.7 Å². The molecule has 2 aliphatic rings. The highest BCUT2D eigenvalue weighted by atomic mass is 16.5. The van der Waals surface area contributed by atoms with Gasteiger partial charge in [-0.3, -0.25) is 14.6 Å². The summed E-state index contributed by atoms with van der Waals surface area (Å²) in [6.07, 6.45) is 2.10. The number of hydrogen-bond donors (Lipinski definition) is 1. The van der Waals surface area contributed by atoms with Crippen LogP contribution in [0.15, 0.2) is 4.52 Å². The smallest absolute Gasteiger partial charge is 0.234 e. The monoisotopic (exact) mass is 337 g/mol. The minimum Gasteiger partial charge on any atom is -0.381 e. The molecule has 134 valence electrons. The standard InChI is InChI=1S/C16H27N5O3/c1-12-18-15(19-24-12)9-20(2)14-3-5-21(8-14)10-16(22)17-7-13-4-6-23-11-13/h13-14H,3-11H2,1-2H3,(H,17,22)/t13-,14+/m1/s1. The third-order valence-corrected chi connectivity index (χ3v) is 4.81. The summed E-state index contributed by atoms with van der Waals surface area (Å²) < 4.78 is 10.3. The number of aromatic nitrogens is 2. The summed E-state index contributed by atoms with van der Waals surface area (Å²) in [4.78, 5) is 20.8. The largest absolute Gasteiger partial charge is 0.381 e. The molecule has 1 amide bonds.